The summed E-state index contributed by atoms with van der Waals surface area (Å²) in [4.78, 5) is 15.3. The van der Waals surface area contributed by atoms with E-state index in [1.165, 1.54) is 4.90 Å². The summed E-state index contributed by atoms with van der Waals surface area (Å²) in [5, 5.41) is 17.9. The molecule has 0 aliphatic carbocycles. The molecule has 0 unspecified atom stereocenters. The minimum Gasteiger partial charge on any atom is -0.503 e. The number of phenolic OH excluding ortho intramolecular Hbond substituents is 1. The highest BCUT2D eigenvalue weighted by molar-refractivity contribution is 5.95. The Hall–Kier alpha value is -1.80. The number of piperazine rings is 1. The van der Waals surface area contributed by atoms with Crippen LogP contribution < -0.4 is 0 Å². The lowest BCUT2D eigenvalue weighted by molar-refractivity contribution is 0.0609. The Morgan fingerprint density at radius 3 is 2.33 bits per heavy atom. The summed E-state index contributed by atoms with van der Waals surface area (Å²) >= 11 is 0. The van der Waals surface area contributed by atoms with Gasteiger partial charge < -0.3 is 15.1 Å². The van der Waals surface area contributed by atoms with Crippen LogP contribution in [0.2, 0.25) is 0 Å². The zero-order valence-corrected chi connectivity index (χ0v) is 11.2. The molecule has 1 saturated heterocycles. The van der Waals surface area contributed by atoms with E-state index >= 15 is 0 Å². The molecule has 0 bridgehead atoms. The van der Waals surface area contributed by atoms with Crippen LogP contribution in [0, 0.1) is 17.5 Å². The van der Waals surface area contributed by atoms with Crippen molar-refractivity contribution < 1.29 is 28.2 Å². The molecule has 1 aliphatic heterocycles. The number of amides is 1. The third kappa shape index (κ3) is 3.11. The largest absolute Gasteiger partial charge is 0.503 e. The SMILES string of the molecule is O=C(c1cc(F)c(F)c(O)c1F)N1CCN(CCO)CC1. The highest BCUT2D eigenvalue weighted by Crippen LogP contribution is 2.26. The number of aromatic hydroxyl groups is 1. The van der Waals surface area contributed by atoms with E-state index in [1.54, 1.807) is 0 Å². The van der Waals surface area contributed by atoms with Crippen LogP contribution in [0.1, 0.15) is 10.4 Å². The molecule has 1 aromatic rings. The molecule has 1 aromatic carbocycles. The Labute approximate surface area is 119 Å². The van der Waals surface area contributed by atoms with E-state index in [0.29, 0.717) is 25.7 Å². The average Bonchev–Trinajstić information content (AvgIpc) is 2.49. The molecular formula is C13H15F3N2O3. The predicted molar refractivity (Wildman–Crippen MR) is 67.4 cm³/mol. The Bertz CT molecular complexity index is 546. The lowest BCUT2D eigenvalue weighted by Crippen LogP contribution is -2.49. The molecule has 1 heterocycles. The normalized spacial score (nSPS) is 16.3. The summed E-state index contributed by atoms with van der Waals surface area (Å²) in [5.74, 6) is -6.94. The molecule has 1 aliphatic rings. The fourth-order valence-electron chi connectivity index (χ4n) is 2.23. The number of hydrogen-bond acceptors (Lipinski definition) is 4. The molecule has 2 rings (SSSR count). The molecule has 116 valence electrons. The summed E-state index contributed by atoms with van der Waals surface area (Å²) in [7, 11) is 0. The Morgan fingerprint density at radius 1 is 1.14 bits per heavy atom. The topological polar surface area (TPSA) is 64.0 Å². The summed E-state index contributed by atoms with van der Waals surface area (Å²) in [6.07, 6.45) is 0. The van der Waals surface area contributed by atoms with Gasteiger partial charge in [-0.2, -0.15) is 4.39 Å². The summed E-state index contributed by atoms with van der Waals surface area (Å²) in [6, 6.07) is 0.451. The zero-order valence-electron chi connectivity index (χ0n) is 11.2. The molecular weight excluding hydrogens is 289 g/mol. The van der Waals surface area contributed by atoms with Gasteiger partial charge in [-0.1, -0.05) is 0 Å². The number of carbonyl (C=O) groups is 1. The van der Waals surface area contributed by atoms with Gasteiger partial charge in [0.05, 0.1) is 12.2 Å². The first kappa shape index (κ1) is 15.6. The minimum atomic E-state index is -1.71. The van der Waals surface area contributed by atoms with Crippen LogP contribution in [0.25, 0.3) is 0 Å². The van der Waals surface area contributed by atoms with E-state index in [1.807, 2.05) is 4.90 Å². The van der Waals surface area contributed by atoms with Crippen molar-refractivity contribution in [1.82, 2.24) is 9.80 Å². The summed E-state index contributed by atoms with van der Waals surface area (Å²) in [5.41, 5.74) is -0.693. The van der Waals surface area contributed by atoms with E-state index in [2.05, 4.69) is 0 Å². The van der Waals surface area contributed by atoms with Crippen molar-refractivity contribution in [3.05, 3.63) is 29.1 Å². The lowest BCUT2D eigenvalue weighted by atomic mass is 10.1. The number of β-amino-alcohol motifs (C(OH)–C–C–N with tert-alkyl or cyclic N) is 1. The molecule has 0 aromatic heterocycles. The average molecular weight is 304 g/mol. The first-order valence-electron chi connectivity index (χ1n) is 6.44. The van der Waals surface area contributed by atoms with E-state index < -0.39 is 34.7 Å². The van der Waals surface area contributed by atoms with Gasteiger partial charge in [0.25, 0.3) is 5.91 Å². The highest BCUT2D eigenvalue weighted by Gasteiger charge is 2.27. The van der Waals surface area contributed by atoms with Crippen molar-refractivity contribution in [2.24, 2.45) is 0 Å². The van der Waals surface area contributed by atoms with Crippen molar-refractivity contribution in [3.63, 3.8) is 0 Å². The maximum absolute atomic E-state index is 13.7. The summed E-state index contributed by atoms with van der Waals surface area (Å²) in [6.45, 7) is 2.01. The quantitative estimate of drug-likeness (QED) is 0.801. The van der Waals surface area contributed by atoms with Gasteiger partial charge in [0.2, 0.25) is 5.82 Å². The second-order valence-electron chi connectivity index (χ2n) is 4.74. The van der Waals surface area contributed by atoms with E-state index in [9.17, 15) is 18.0 Å². The van der Waals surface area contributed by atoms with Crippen LogP contribution in [0.4, 0.5) is 13.2 Å². The van der Waals surface area contributed by atoms with Gasteiger partial charge in [-0.15, -0.1) is 0 Å². The van der Waals surface area contributed by atoms with Crippen molar-refractivity contribution in [2.75, 3.05) is 39.3 Å². The molecule has 0 radical (unpaired) electrons. The molecule has 21 heavy (non-hydrogen) atoms. The van der Waals surface area contributed by atoms with Crippen LogP contribution in [-0.4, -0.2) is 65.3 Å². The number of nitrogens with zero attached hydrogens (tertiary/aromatic N) is 2. The smallest absolute Gasteiger partial charge is 0.257 e. The monoisotopic (exact) mass is 304 g/mol. The maximum Gasteiger partial charge on any atom is 0.257 e. The second kappa shape index (κ2) is 6.31. The third-order valence-electron chi connectivity index (χ3n) is 3.44. The molecule has 0 spiro atoms. The van der Waals surface area contributed by atoms with Gasteiger partial charge in [-0.05, 0) is 6.07 Å². The van der Waals surface area contributed by atoms with Crippen molar-refractivity contribution in [1.29, 1.82) is 0 Å². The van der Waals surface area contributed by atoms with Gasteiger partial charge in [0.1, 0.15) is 0 Å². The van der Waals surface area contributed by atoms with E-state index in [4.69, 9.17) is 10.2 Å². The second-order valence-corrected chi connectivity index (χ2v) is 4.74. The molecule has 8 heteroatoms. The van der Waals surface area contributed by atoms with Crippen LogP contribution in [0.5, 0.6) is 5.75 Å². The predicted octanol–water partition coefficient (Wildman–Crippen LogP) is 0.560. The van der Waals surface area contributed by atoms with Gasteiger partial charge in [-0.3, -0.25) is 9.69 Å². The lowest BCUT2D eigenvalue weighted by Gasteiger charge is -2.34. The number of benzene rings is 1. The Morgan fingerprint density at radius 2 is 1.76 bits per heavy atom. The fraction of sp³-hybridized carbons (Fsp3) is 0.462. The first-order valence-corrected chi connectivity index (χ1v) is 6.44. The number of halogens is 3. The van der Waals surface area contributed by atoms with Crippen LogP contribution in [-0.2, 0) is 0 Å². The first-order chi connectivity index (χ1) is 9.95. The minimum absolute atomic E-state index is 0.000377. The molecule has 2 N–H and O–H groups in total. The number of aliphatic hydroxyl groups excluding tert-OH is 1. The van der Waals surface area contributed by atoms with E-state index in [0.717, 1.165) is 0 Å². The summed E-state index contributed by atoms with van der Waals surface area (Å²) < 4.78 is 39.9. The van der Waals surface area contributed by atoms with Crippen LogP contribution in [0.3, 0.4) is 0 Å². The number of hydrogen-bond donors (Lipinski definition) is 2. The number of rotatable bonds is 3. The fourth-order valence-corrected chi connectivity index (χ4v) is 2.23. The van der Waals surface area contributed by atoms with Gasteiger partial charge in [0, 0.05) is 32.7 Å². The standard InChI is InChI=1S/C13H15F3N2O3/c14-9-7-8(10(15)12(20)11(9)16)13(21)18-3-1-17(2-4-18)5-6-19/h7,19-20H,1-6H2. The number of carbonyl (C=O) groups excluding carboxylic acids is 1. The van der Waals surface area contributed by atoms with Crippen LogP contribution >= 0.6 is 0 Å². The molecule has 1 amide bonds. The number of aliphatic hydroxyl groups is 1. The molecule has 1 fully saturated rings. The number of phenols is 1. The van der Waals surface area contributed by atoms with Gasteiger partial charge in [-0.25, -0.2) is 8.78 Å². The van der Waals surface area contributed by atoms with E-state index in [-0.39, 0.29) is 19.7 Å². The highest BCUT2D eigenvalue weighted by atomic mass is 19.2. The Kier molecular flexibility index (Phi) is 4.69. The van der Waals surface area contributed by atoms with Crippen LogP contribution in [0.15, 0.2) is 6.07 Å². The maximum atomic E-state index is 13.7. The van der Waals surface area contributed by atoms with Crippen molar-refractivity contribution in [2.45, 2.75) is 0 Å². The Balaban J connectivity index is 2.15. The third-order valence-corrected chi connectivity index (χ3v) is 3.44. The zero-order chi connectivity index (χ0) is 15.6. The van der Waals surface area contributed by atoms with Crippen molar-refractivity contribution >= 4 is 5.91 Å². The van der Waals surface area contributed by atoms with Gasteiger partial charge >= 0.3 is 0 Å². The molecule has 5 nitrogen and oxygen atoms in total. The molecule has 0 saturated carbocycles. The van der Waals surface area contributed by atoms with Crippen molar-refractivity contribution in [3.8, 4) is 5.75 Å². The molecule has 0 atom stereocenters. The van der Waals surface area contributed by atoms with Gasteiger partial charge in [0.15, 0.2) is 17.4 Å².